The number of benzene rings is 1. The van der Waals surface area contributed by atoms with Gasteiger partial charge in [-0.2, -0.15) is 0 Å². The van der Waals surface area contributed by atoms with Crippen molar-refractivity contribution in [2.45, 2.75) is 38.4 Å². The van der Waals surface area contributed by atoms with E-state index in [0.29, 0.717) is 6.04 Å². The van der Waals surface area contributed by atoms with Crippen molar-refractivity contribution < 1.29 is 4.79 Å². The van der Waals surface area contributed by atoms with Gasteiger partial charge >= 0.3 is 0 Å². The molecule has 0 aliphatic heterocycles. The van der Waals surface area contributed by atoms with Crippen LogP contribution in [0.2, 0.25) is 0 Å². The Labute approximate surface area is 152 Å². The first-order valence-corrected chi connectivity index (χ1v) is 8.89. The fraction of sp³-hybridized carbons (Fsp3) is 0.300. The minimum atomic E-state index is 0.000755. The van der Waals surface area contributed by atoms with Crippen LogP contribution in [0.4, 0.5) is 0 Å². The number of hydrogen-bond donors (Lipinski definition) is 0. The summed E-state index contributed by atoms with van der Waals surface area (Å²) in [6.07, 6.45) is 7.52. The molecule has 2 aromatic heterocycles. The predicted octanol–water partition coefficient (Wildman–Crippen LogP) is 3.09. The van der Waals surface area contributed by atoms with Crippen molar-refractivity contribution in [3.63, 3.8) is 0 Å². The van der Waals surface area contributed by atoms with Crippen molar-refractivity contribution in [3.05, 3.63) is 66.6 Å². The van der Waals surface area contributed by atoms with Gasteiger partial charge in [-0.05, 0) is 31.4 Å². The first-order valence-electron chi connectivity index (χ1n) is 8.89. The summed E-state index contributed by atoms with van der Waals surface area (Å²) in [5.41, 5.74) is 2.82. The van der Waals surface area contributed by atoms with Crippen molar-refractivity contribution in [1.29, 1.82) is 0 Å². The maximum atomic E-state index is 13.0. The molecule has 0 radical (unpaired) electrons. The molecule has 0 bridgehead atoms. The van der Waals surface area contributed by atoms with Crippen LogP contribution in [0.15, 0.2) is 61.1 Å². The zero-order valence-corrected chi connectivity index (χ0v) is 14.7. The zero-order chi connectivity index (χ0) is 17.9. The molecule has 0 unspecified atom stereocenters. The van der Waals surface area contributed by atoms with E-state index in [1.165, 1.54) is 0 Å². The normalized spacial score (nSPS) is 14.8. The highest BCUT2D eigenvalue weighted by molar-refractivity contribution is 5.77. The van der Waals surface area contributed by atoms with Crippen molar-refractivity contribution in [2.75, 3.05) is 0 Å². The van der Waals surface area contributed by atoms with Crippen LogP contribution in [0, 0.1) is 0 Å². The average Bonchev–Trinajstić information content (AvgIpc) is 3.40. The quantitative estimate of drug-likeness (QED) is 0.687. The molecular weight excluding hydrogens is 326 g/mol. The van der Waals surface area contributed by atoms with Crippen LogP contribution in [0.25, 0.3) is 11.3 Å². The molecule has 132 valence electrons. The maximum Gasteiger partial charge on any atom is 0.245 e. The molecular formula is C20H21N5O. The first kappa shape index (κ1) is 16.4. The van der Waals surface area contributed by atoms with Crippen molar-refractivity contribution in [3.8, 4) is 11.3 Å². The molecule has 6 nitrogen and oxygen atoms in total. The Morgan fingerprint density at radius 3 is 2.73 bits per heavy atom. The number of hydrogen-bond acceptors (Lipinski definition) is 4. The minimum Gasteiger partial charge on any atom is -0.331 e. The summed E-state index contributed by atoms with van der Waals surface area (Å²) >= 11 is 0. The van der Waals surface area contributed by atoms with Crippen molar-refractivity contribution >= 4 is 5.91 Å². The second-order valence-electron chi connectivity index (χ2n) is 6.66. The third-order valence-electron chi connectivity index (χ3n) is 4.72. The summed E-state index contributed by atoms with van der Waals surface area (Å²) in [5.74, 6) is 0.0633. The van der Waals surface area contributed by atoms with Crippen molar-refractivity contribution in [2.24, 2.45) is 0 Å². The van der Waals surface area contributed by atoms with Gasteiger partial charge in [0, 0.05) is 24.0 Å². The van der Waals surface area contributed by atoms with Crippen LogP contribution in [-0.2, 0) is 11.3 Å². The summed E-state index contributed by atoms with van der Waals surface area (Å²) in [6.45, 7) is 2.25. The number of amides is 1. The fourth-order valence-corrected chi connectivity index (χ4v) is 3.21. The predicted molar refractivity (Wildman–Crippen MR) is 98.0 cm³/mol. The number of pyridine rings is 1. The molecule has 1 fully saturated rings. The molecule has 6 heteroatoms. The Morgan fingerprint density at radius 2 is 2.04 bits per heavy atom. The SMILES string of the molecule is C[C@H](c1cccnc1)N(C(=O)Cn1cc(-c2ccccc2)nn1)C1CC1. The highest BCUT2D eigenvalue weighted by Crippen LogP contribution is 2.34. The van der Waals surface area contributed by atoms with Gasteiger partial charge in [-0.15, -0.1) is 5.10 Å². The van der Waals surface area contributed by atoms with E-state index < -0.39 is 0 Å². The topological polar surface area (TPSA) is 63.9 Å². The number of nitrogens with zero attached hydrogens (tertiary/aromatic N) is 5. The lowest BCUT2D eigenvalue weighted by molar-refractivity contribution is -0.135. The third kappa shape index (κ3) is 3.49. The second-order valence-corrected chi connectivity index (χ2v) is 6.66. The fourth-order valence-electron chi connectivity index (χ4n) is 3.21. The Kier molecular flexibility index (Phi) is 4.48. The van der Waals surface area contributed by atoms with Gasteiger partial charge in [0.15, 0.2) is 0 Å². The van der Waals surface area contributed by atoms with E-state index in [-0.39, 0.29) is 18.5 Å². The van der Waals surface area contributed by atoms with Crippen LogP contribution in [0.5, 0.6) is 0 Å². The van der Waals surface area contributed by atoms with Crippen LogP contribution in [0.1, 0.15) is 31.4 Å². The average molecular weight is 347 g/mol. The van der Waals surface area contributed by atoms with Gasteiger partial charge in [0.25, 0.3) is 0 Å². The molecule has 4 rings (SSSR count). The summed E-state index contributed by atoms with van der Waals surface area (Å²) in [5, 5.41) is 8.33. The molecule has 0 N–H and O–H groups in total. The Bertz CT molecular complexity index is 873. The van der Waals surface area contributed by atoms with Gasteiger partial charge in [0.2, 0.25) is 5.91 Å². The highest BCUT2D eigenvalue weighted by Gasteiger charge is 2.36. The smallest absolute Gasteiger partial charge is 0.245 e. The van der Waals surface area contributed by atoms with Gasteiger partial charge in [0.1, 0.15) is 12.2 Å². The lowest BCUT2D eigenvalue weighted by atomic mass is 10.1. The van der Waals surface area contributed by atoms with E-state index in [1.807, 2.05) is 59.8 Å². The molecule has 1 saturated carbocycles. The van der Waals surface area contributed by atoms with Gasteiger partial charge in [0.05, 0.1) is 12.2 Å². The molecule has 2 heterocycles. The maximum absolute atomic E-state index is 13.0. The van der Waals surface area contributed by atoms with E-state index >= 15 is 0 Å². The standard InChI is InChI=1S/C20H21N5O/c1-15(17-8-5-11-21-12-17)25(18-9-10-18)20(26)14-24-13-19(22-23-24)16-6-3-2-4-7-16/h2-8,11-13,15,18H,9-10,14H2,1H3/t15-/m1/s1. The van der Waals surface area contributed by atoms with Crippen LogP contribution in [-0.4, -0.2) is 36.8 Å². The Morgan fingerprint density at radius 1 is 1.23 bits per heavy atom. The number of carbonyl (C=O) groups is 1. The molecule has 1 amide bonds. The zero-order valence-electron chi connectivity index (χ0n) is 14.7. The molecule has 26 heavy (non-hydrogen) atoms. The van der Waals surface area contributed by atoms with E-state index in [0.717, 1.165) is 29.7 Å². The van der Waals surface area contributed by atoms with Gasteiger partial charge < -0.3 is 4.90 Å². The van der Waals surface area contributed by atoms with Gasteiger partial charge in [-0.3, -0.25) is 9.78 Å². The number of carbonyl (C=O) groups excluding carboxylic acids is 1. The van der Waals surface area contributed by atoms with Crippen LogP contribution < -0.4 is 0 Å². The molecule has 3 aromatic rings. The molecule has 0 spiro atoms. The lowest BCUT2D eigenvalue weighted by Gasteiger charge is -2.29. The Hall–Kier alpha value is -3.02. The minimum absolute atomic E-state index is 0.000755. The first-order chi connectivity index (χ1) is 12.7. The summed E-state index contributed by atoms with van der Waals surface area (Å²) in [4.78, 5) is 19.1. The molecule has 1 aliphatic rings. The monoisotopic (exact) mass is 347 g/mol. The van der Waals surface area contributed by atoms with Gasteiger partial charge in [-0.25, -0.2) is 4.68 Å². The largest absolute Gasteiger partial charge is 0.331 e. The van der Waals surface area contributed by atoms with Crippen LogP contribution >= 0.6 is 0 Å². The van der Waals surface area contributed by atoms with E-state index in [1.54, 1.807) is 10.9 Å². The molecule has 1 atom stereocenters. The lowest BCUT2D eigenvalue weighted by Crippen LogP contribution is -2.38. The molecule has 1 aliphatic carbocycles. The summed E-state index contributed by atoms with van der Waals surface area (Å²) < 4.78 is 1.62. The summed E-state index contributed by atoms with van der Waals surface area (Å²) in [6, 6.07) is 14.1. The molecule has 0 saturated heterocycles. The Balaban J connectivity index is 1.50. The van der Waals surface area contributed by atoms with Crippen molar-refractivity contribution in [1.82, 2.24) is 24.9 Å². The van der Waals surface area contributed by atoms with Crippen LogP contribution in [0.3, 0.4) is 0 Å². The van der Waals surface area contributed by atoms with E-state index in [4.69, 9.17) is 0 Å². The highest BCUT2D eigenvalue weighted by atomic mass is 16.2. The molecule has 1 aromatic carbocycles. The summed E-state index contributed by atoms with van der Waals surface area (Å²) in [7, 11) is 0. The third-order valence-corrected chi connectivity index (χ3v) is 4.72. The van der Waals surface area contributed by atoms with E-state index in [9.17, 15) is 4.79 Å². The number of rotatable bonds is 6. The van der Waals surface area contributed by atoms with E-state index in [2.05, 4.69) is 22.2 Å². The second kappa shape index (κ2) is 7.07. The number of aromatic nitrogens is 4. The van der Waals surface area contributed by atoms with Gasteiger partial charge in [-0.1, -0.05) is 41.6 Å².